The van der Waals surface area contributed by atoms with Crippen LogP contribution in [0.2, 0.25) is 0 Å². The Morgan fingerprint density at radius 3 is 2.72 bits per heavy atom. The van der Waals surface area contributed by atoms with Crippen LogP contribution >= 0.6 is 0 Å². The third-order valence-corrected chi connectivity index (χ3v) is 4.04. The first kappa shape index (κ1) is 13.3. The molecule has 2 rings (SSSR count). The molecule has 2 atom stereocenters. The average molecular weight is 243 g/mol. The summed E-state index contributed by atoms with van der Waals surface area (Å²) in [5.74, 6) is 1.04. The van der Waals surface area contributed by atoms with Crippen molar-refractivity contribution in [1.82, 2.24) is 0 Å². The van der Waals surface area contributed by atoms with E-state index in [0.717, 1.165) is 6.42 Å². The van der Waals surface area contributed by atoms with Crippen LogP contribution in [0.25, 0.3) is 0 Å². The van der Waals surface area contributed by atoms with Crippen molar-refractivity contribution in [2.75, 3.05) is 0 Å². The fraction of sp³-hybridized carbons (Fsp3) is 0.588. The molecule has 0 N–H and O–H groups in total. The Bertz CT molecular complexity index is 435. The SMILES string of the molecule is C=C1C2=CC(CCCC)=NC2C(C(C)C)=CC1C. The molecule has 98 valence electrons. The van der Waals surface area contributed by atoms with Gasteiger partial charge in [0, 0.05) is 5.71 Å². The maximum absolute atomic E-state index is 4.93. The van der Waals surface area contributed by atoms with Gasteiger partial charge in [-0.2, -0.15) is 0 Å². The first-order chi connectivity index (χ1) is 8.54. The Hall–Kier alpha value is -1.11. The molecule has 0 saturated heterocycles. The third-order valence-electron chi connectivity index (χ3n) is 4.04. The molecule has 0 aromatic rings. The Morgan fingerprint density at radius 2 is 2.11 bits per heavy atom. The molecule has 1 heteroatoms. The van der Waals surface area contributed by atoms with Crippen LogP contribution in [0.4, 0.5) is 0 Å². The van der Waals surface area contributed by atoms with Gasteiger partial charge in [0.05, 0.1) is 6.04 Å². The molecule has 0 aromatic carbocycles. The normalized spacial score (nSPS) is 26.9. The summed E-state index contributed by atoms with van der Waals surface area (Å²) in [6.45, 7) is 13.3. The first-order valence-electron chi connectivity index (χ1n) is 7.23. The topological polar surface area (TPSA) is 12.4 Å². The summed E-state index contributed by atoms with van der Waals surface area (Å²) < 4.78 is 0. The number of unbranched alkanes of at least 4 members (excludes halogenated alkanes) is 1. The predicted molar refractivity (Wildman–Crippen MR) is 80.1 cm³/mol. The zero-order valence-corrected chi connectivity index (χ0v) is 12.2. The number of aliphatic imine (C=N–C) groups is 1. The second-order valence-corrected chi connectivity index (χ2v) is 5.86. The van der Waals surface area contributed by atoms with E-state index < -0.39 is 0 Å². The number of hydrogen-bond acceptors (Lipinski definition) is 1. The van der Waals surface area contributed by atoms with Crippen molar-refractivity contribution in [2.45, 2.75) is 53.0 Å². The lowest BCUT2D eigenvalue weighted by molar-refractivity contribution is 0.647. The van der Waals surface area contributed by atoms with Crippen LogP contribution in [0.3, 0.4) is 0 Å². The van der Waals surface area contributed by atoms with Gasteiger partial charge in [-0.1, -0.05) is 46.8 Å². The standard InChI is InChI=1S/C17H25N/c1-6-7-8-14-10-16-13(5)12(4)9-15(11(2)3)17(16)18-14/h9-12,17H,5-8H2,1-4H3. The molecule has 1 aliphatic carbocycles. The summed E-state index contributed by atoms with van der Waals surface area (Å²) >= 11 is 0. The molecule has 2 aliphatic rings. The van der Waals surface area contributed by atoms with Crippen LogP contribution < -0.4 is 0 Å². The highest BCUT2D eigenvalue weighted by Gasteiger charge is 2.32. The van der Waals surface area contributed by atoms with Crippen molar-refractivity contribution >= 4 is 5.71 Å². The molecule has 0 amide bonds. The second-order valence-electron chi connectivity index (χ2n) is 5.86. The zero-order valence-electron chi connectivity index (χ0n) is 12.2. The number of allylic oxidation sites excluding steroid dienone is 2. The Kier molecular flexibility index (Phi) is 3.89. The number of rotatable bonds is 4. The molecule has 1 nitrogen and oxygen atoms in total. The smallest absolute Gasteiger partial charge is 0.0968 e. The number of nitrogens with zero attached hydrogens (tertiary/aromatic N) is 1. The molecule has 0 fully saturated rings. The van der Waals surface area contributed by atoms with Crippen LogP contribution in [-0.4, -0.2) is 11.8 Å². The fourth-order valence-electron chi connectivity index (χ4n) is 2.80. The minimum atomic E-state index is 0.278. The summed E-state index contributed by atoms with van der Waals surface area (Å²) in [4.78, 5) is 4.93. The van der Waals surface area contributed by atoms with Gasteiger partial charge in [0.2, 0.25) is 0 Å². The van der Waals surface area contributed by atoms with E-state index in [-0.39, 0.29) is 6.04 Å². The maximum Gasteiger partial charge on any atom is 0.0968 e. The van der Waals surface area contributed by atoms with Crippen molar-refractivity contribution in [3.05, 3.63) is 35.5 Å². The van der Waals surface area contributed by atoms with Gasteiger partial charge in [-0.3, -0.25) is 4.99 Å². The summed E-state index contributed by atoms with van der Waals surface area (Å²) in [5.41, 5.74) is 5.39. The predicted octanol–water partition coefficient (Wildman–Crippen LogP) is 4.71. The minimum Gasteiger partial charge on any atom is -0.277 e. The van der Waals surface area contributed by atoms with E-state index in [0.29, 0.717) is 11.8 Å². The van der Waals surface area contributed by atoms with Crippen molar-refractivity contribution in [3.8, 4) is 0 Å². The van der Waals surface area contributed by atoms with Gasteiger partial charge in [-0.05, 0) is 47.5 Å². The number of hydrogen-bond donors (Lipinski definition) is 0. The lowest BCUT2D eigenvalue weighted by Crippen LogP contribution is -2.22. The molecule has 0 aromatic heterocycles. The highest BCUT2D eigenvalue weighted by Crippen LogP contribution is 2.39. The summed E-state index contributed by atoms with van der Waals surface area (Å²) in [6.07, 6.45) is 8.26. The van der Waals surface area contributed by atoms with E-state index >= 15 is 0 Å². The van der Waals surface area contributed by atoms with E-state index in [9.17, 15) is 0 Å². The van der Waals surface area contributed by atoms with Gasteiger partial charge < -0.3 is 0 Å². The van der Waals surface area contributed by atoms with E-state index in [4.69, 9.17) is 4.99 Å². The van der Waals surface area contributed by atoms with Gasteiger partial charge in [-0.15, -0.1) is 0 Å². The van der Waals surface area contributed by atoms with E-state index in [1.165, 1.54) is 35.3 Å². The highest BCUT2D eigenvalue weighted by molar-refractivity contribution is 5.99. The van der Waals surface area contributed by atoms with Crippen molar-refractivity contribution in [1.29, 1.82) is 0 Å². The van der Waals surface area contributed by atoms with Crippen LogP contribution in [0.5, 0.6) is 0 Å². The maximum atomic E-state index is 4.93. The van der Waals surface area contributed by atoms with Crippen molar-refractivity contribution in [3.63, 3.8) is 0 Å². The van der Waals surface area contributed by atoms with E-state index in [1.807, 2.05) is 0 Å². The number of fused-ring (bicyclic) bond motifs is 1. The van der Waals surface area contributed by atoms with Crippen LogP contribution in [0.15, 0.2) is 40.4 Å². The molecule has 0 bridgehead atoms. The molecular formula is C17H25N. The van der Waals surface area contributed by atoms with Gasteiger partial charge in [0.25, 0.3) is 0 Å². The van der Waals surface area contributed by atoms with Gasteiger partial charge >= 0.3 is 0 Å². The van der Waals surface area contributed by atoms with Crippen LogP contribution in [0.1, 0.15) is 47.0 Å². The molecule has 1 heterocycles. The molecule has 2 unspecified atom stereocenters. The molecular weight excluding hydrogens is 218 g/mol. The van der Waals surface area contributed by atoms with Gasteiger partial charge in [-0.25, -0.2) is 0 Å². The lowest BCUT2D eigenvalue weighted by atomic mass is 9.77. The largest absolute Gasteiger partial charge is 0.277 e. The third kappa shape index (κ3) is 2.36. The van der Waals surface area contributed by atoms with Gasteiger partial charge in [0.1, 0.15) is 0 Å². The molecule has 0 spiro atoms. The molecule has 0 saturated carbocycles. The fourth-order valence-corrected chi connectivity index (χ4v) is 2.80. The summed E-state index contributed by atoms with van der Waals surface area (Å²) in [7, 11) is 0. The Labute approximate surface area is 111 Å². The highest BCUT2D eigenvalue weighted by atomic mass is 14.8. The van der Waals surface area contributed by atoms with Gasteiger partial charge in [0.15, 0.2) is 0 Å². The first-order valence-corrected chi connectivity index (χ1v) is 7.23. The lowest BCUT2D eigenvalue weighted by Gasteiger charge is -2.29. The molecule has 1 aliphatic heterocycles. The average Bonchev–Trinajstić information content (AvgIpc) is 2.75. The molecule has 18 heavy (non-hydrogen) atoms. The van der Waals surface area contributed by atoms with Crippen molar-refractivity contribution in [2.24, 2.45) is 16.8 Å². The van der Waals surface area contributed by atoms with Crippen molar-refractivity contribution < 1.29 is 0 Å². The summed E-state index contributed by atoms with van der Waals surface area (Å²) in [5, 5.41) is 0. The summed E-state index contributed by atoms with van der Waals surface area (Å²) in [6, 6.07) is 0.278. The molecule has 0 radical (unpaired) electrons. The monoisotopic (exact) mass is 243 g/mol. The second kappa shape index (κ2) is 5.26. The quantitative estimate of drug-likeness (QED) is 0.634. The Morgan fingerprint density at radius 1 is 1.39 bits per heavy atom. The van der Waals surface area contributed by atoms with Crippen LogP contribution in [-0.2, 0) is 0 Å². The Balaban J connectivity index is 2.29. The minimum absolute atomic E-state index is 0.278. The zero-order chi connectivity index (χ0) is 13.3. The van der Waals surface area contributed by atoms with E-state index in [1.54, 1.807) is 0 Å². The van der Waals surface area contributed by atoms with E-state index in [2.05, 4.69) is 46.4 Å². The van der Waals surface area contributed by atoms with Crippen LogP contribution in [0, 0.1) is 11.8 Å².